The molecule has 0 spiro atoms. The van der Waals surface area contributed by atoms with Gasteiger partial charge in [-0.2, -0.15) is 11.8 Å². The Morgan fingerprint density at radius 3 is 2.90 bits per heavy atom. The first-order valence-corrected chi connectivity index (χ1v) is 7.61. The van der Waals surface area contributed by atoms with Crippen molar-refractivity contribution in [1.82, 2.24) is 10.3 Å². The van der Waals surface area contributed by atoms with Crippen molar-refractivity contribution < 1.29 is 14.7 Å². The van der Waals surface area contributed by atoms with Crippen LogP contribution in [0.25, 0.3) is 10.9 Å². The van der Waals surface area contributed by atoms with Crippen LogP contribution in [0.3, 0.4) is 0 Å². The largest absolute Gasteiger partial charge is 0.480 e. The molecule has 20 heavy (non-hydrogen) atoms. The molecule has 106 valence electrons. The van der Waals surface area contributed by atoms with Crippen molar-refractivity contribution in [1.29, 1.82) is 0 Å². The van der Waals surface area contributed by atoms with Gasteiger partial charge in [0, 0.05) is 22.7 Å². The van der Waals surface area contributed by atoms with Gasteiger partial charge in [-0.3, -0.25) is 4.79 Å². The number of hydrogen-bond acceptors (Lipinski definition) is 3. The lowest BCUT2D eigenvalue weighted by molar-refractivity contribution is -0.139. The van der Waals surface area contributed by atoms with E-state index in [2.05, 4.69) is 10.3 Å². The molecule has 0 aliphatic heterocycles. The van der Waals surface area contributed by atoms with Gasteiger partial charge in [0.2, 0.25) is 0 Å². The van der Waals surface area contributed by atoms with Crippen molar-refractivity contribution >= 4 is 34.5 Å². The maximum absolute atomic E-state index is 12.1. The third-order valence-corrected chi connectivity index (χ3v) is 3.67. The Bertz CT molecular complexity index is 624. The summed E-state index contributed by atoms with van der Waals surface area (Å²) >= 11 is 1.55. The second kappa shape index (κ2) is 6.47. The molecule has 0 bridgehead atoms. The van der Waals surface area contributed by atoms with Crippen molar-refractivity contribution in [2.75, 3.05) is 12.0 Å². The Balaban J connectivity index is 2.10. The molecule has 0 fully saturated rings. The van der Waals surface area contributed by atoms with Crippen LogP contribution in [0.2, 0.25) is 0 Å². The van der Waals surface area contributed by atoms with Crippen LogP contribution in [0.4, 0.5) is 0 Å². The Labute approximate surface area is 120 Å². The normalized spacial score (nSPS) is 12.2. The number of amides is 1. The van der Waals surface area contributed by atoms with Gasteiger partial charge < -0.3 is 15.4 Å². The zero-order chi connectivity index (χ0) is 14.5. The third-order valence-electron chi connectivity index (χ3n) is 3.03. The first kappa shape index (κ1) is 14.5. The summed E-state index contributed by atoms with van der Waals surface area (Å²) in [6.07, 6.45) is 4.11. The zero-order valence-electron chi connectivity index (χ0n) is 11.1. The predicted octanol–water partition coefficient (Wildman–Crippen LogP) is 2.10. The molecule has 2 rings (SSSR count). The fraction of sp³-hybridized carbons (Fsp3) is 0.286. The van der Waals surface area contributed by atoms with Crippen LogP contribution in [0.5, 0.6) is 0 Å². The monoisotopic (exact) mass is 292 g/mol. The molecule has 0 saturated heterocycles. The van der Waals surface area contributed by atoms with Gasteiger partial charge in [-0.25, -0.2) is 4.79 Å². The second-order valence-electron chi connectivity index (χ2n) is 4.43. The number of carbonyl (C=O) groups excluding carboxylic acids is 1. The van der Waals surface area contributed by atoms with E-state index in [0.29, 0.717) is 17.7 Å². The van der Waals surface area contributed by atoms with E-state index in [9.17, 15) is 9.59 Å². The molecule has 6 heteroatoms. The summed E-state index contributed by atoms with van der Waals surface area (Å²) in [5.41, 5.74) is 1.41. The molecule has 0 aliphatic carbocycles. The summed E-state index contributed by atoms with van der Waals surface area (Å²) < 4.78 is 0. The summed E-state index contributed by atoms with van der Waals surface area (Å²) in [5, 5.41) is 12.6. The number of nitrogens with one attached hydrogen (secondary N) is 2. The first-order chi connectivity index (χ1) is 9.61. The Hall–Kier alpha value is -1.95. The molecule has 0 saturated carbocycles. The first-order valence-electron chi connectivity index (χ1n) is 6.21. The number of aromatic amines is 1. The maximum Gasteiger partial charge on any atom is 0.326 e. The lowest BCUT2D eigenvalue weighted by Gasteiger charge is -2.14. The van der Waals surface area contributed by atoms with Crippen molar-refractivity contribution in [3.8, 4) is 0 Å². The van der Waals surface area contributed by atoms with E-state index >= 15 is 0 Å². The van der Waals surface area contributed by atoms with Gasteiger partial charge in [0.05, 0.1) is 0 Å². The lowest BCUT2D eigenvalue weighted by Crippen LogP contribution is -2.41. The molecule has 2 aromatic rings. The van der Waals surface area contributed by atoms with E-state index < -0.39 is 12.0 Å². The van der Waals surface area contributed by atoms with Crippen LogP contribution in [0.1, 0.15) is 16.8 Å². The molecule has 1 atom stereocenters. The van der Waals surface area contributed by atoms with Crippen LogP contribution >= 0.6 is 11.8 Å². The highest BCUT2D eigenvalue weighted by Gasteiger charge is 2.20. The molecular weight excluding hydrogens is 276 g/mol. The molecular formula is C14H16N2O3S. The zero-order valence-corrected chi connectivity index (χ0v) is 11.9. The van der Waals surface area contributed by atoms with E-state index in [1.807, 2.05) is 18.4 Å². The minimum absolute atomic E-state index is 0.360. The number of aromatic nitrogens is 1. The summed E-state index contributed by atoms with van der Waals surface area (Å²) in [6.45, 7) is 0. The fourth-order valence-corrected chi connectivity index (χ4v) is 2.40. The van der Waals surface area contributed by atoms with E-state index in [4.69, 9.17) is 5.11 Å². The standard InChI is InChI=1S/C14H16N2O3S/c1-20-7-5-12(14(18)19)16-13(17)10-2-3-11-9(8-10)4-6-15-11/h2-4,6,8,12,15H,5,7H2,1H3,(H,16,17)(H,18,19)/t12-/m1/s1. The molecule has 0 radical (unpaired) electrons. The van der Waals surface area contributed by atoms with Gasteiger partial charge >= 0.3 is 5.97 Å². The fourth-order valence-electron chi connectivity index (χ4n) is 1.93. The minimum atomic E-state index is -1.00. The number of benzene rings is 1. The number of H-pyrrole nitrogens is 1. The van der Waals surface area contributed by atoms with E-state index in [0.717, 1.165) is 10.9 Å². The Morgan fingerprint density at radius 1 is 1.40 bits per heavy atom. The summed E-state index contributed by atoms with van der Waals surface area (Å²) in [4.78, 5) is 26.3. The van der Waals surface area contributed by atoms with E-state index in [1.54, 1.807) is 30.1 Å². The number of carboxylic acids is 1. The highest BCUT2D eigenvalue weighted by Crippen LogP contribution is 2.14. The van der Waals surface area contributed by atoms with Crippen molar-refractivity contribution in [2.24, 2.45) is 0 Å². The summed E-state index contributed by atoms with van der Waals surface area (Å²) in [5.74, 6) is -0.676. The number of hydrogen-bond donors (Lipinski definition) is 3. The Kier molecular flexibility index (Phi) is 4.68. The van der Waals surface area contributed by atoms with Crippen LogP contribution in [0, 0.1) is 0 Å². The van der Waals surface area contributed by atoms with Gasteiger partial charge in [-0.05, 0) is 42.7 Å². The van der Waals surface area contributed by atoms with E-state index in [1.165, 1.54) is 0 Å². The van der Waals surface area contributed by atoms with Crippen molar-refractivity contribution in [3.63, 3.8) is 0 Å². The molecule has 0 unspecified atom stereocenters. The van der Waals surface area contributed by atoms with Crippen LogP contribution < -0.4 is 5.32 Å². The number of aliphatic carboxylic acids is 1. The number of fused-ring (bicyclic) bond motifs is 1. The van der Waals surface area contributed by atoms with Gasteiger partial charge in [0.1, 0.15) is 6.04 Å². The quantitative estimate of drug-likeness (QED) is 0.761. The lowest BCUT2D eigenvalue weighted by atomic mass is 10.1. The molecule has 5 nitrogen and oxygen atoms in total. The third kappa shape index (κ3) is 3.33. The molecule has 1 amide bonds. The van der Waals surface area contributed by atoms with Gasteiger partial charge in [0.15, 0.2) is 0 Å². The van der Waals surface area contributed by atoms with E-state index in [-0.39, 0.29) is 5.91 Å². The minimum Gasteiger partial charge on any atom is -0.480 e. The highest BCUT2D eigenvalue weighted by atomic mass is 32.2. The molecule has 1 heterocycles. The van der Waals surface area contributed by atoms with Gasteiger partial charge in [-0.15, -0.1) is 0 Å². The number of carbonyl (C=O) groups is 2. The number of carboxylic acid groups (broad SMARTS) is 1. The number of rotatable bonds is 6. The second-order valence-corrected chi connectivity index (χ2v) is 5.41. The summed E-state index contributed by atoms with van der Waals surface area (Å²) in [7, 11) is 0. The predicted molar refractivity (Wildman–Crippen MR) is 80.2 cm³/mol. The van der Waals surface area contributed by atoms with Crippen molar-refractivity contribution in [3.05, 3.63) is 36.0 Å². The van der Waals surface area contributed by atoms with Crippen molar-refractivity contribution in [2.45, 2.75) is 12.5 Å². The summed E-state index contributed by atoms with van der Waals surface area (Å²) in [6, 6.07) is 6.25. The average Bonchev–Trinajstić information content (AvgIpc) is 2.90. The highest BCUT2D eigenvalue weighted by molar-refractivity contribution is 7.98. The smallest absolute Gasteiger partial charge is 0.326 e. The molecule has 1 aromatic heterocycles. The SMILES string of the molecule is CSCC[C@@H](NC(=O)c1ccc2[nH]ccc2c1)C(=O)O. The Morgan fingerprint density at radius 2 is 2.20 bits per heavy atom. The molecule has 3 N–H and O–H groups in total. The van der Waals surface area contributed by atoms with Crippen LogP contribution in [-0.4, -0.2) is 40.0 Å². The molecule has 0 aliphatic rings. The topological polar surface area (TPSA) is 82.2 Å². The van der Waals surface area contributed by atoms with Gasteiger partial charge in [-0.1, -0.05) is 0 Å². The maximum atomic E-state index is 12.1. The number of thioether (sulfide) groups is 1. The molecule has 1 aromatic carbocycles. The van der Waals surface area contributed by atoms with Gasteiger partial charge in [0.25, 0.3) is 5.91 Å². The van der Waals surface area contributed by atoms with Crippen LogP contribution in [0.15, 0.2) is 30.5 Å². The van der Waals surface area contributed by atoms with Crippen LogP contribution in [-0.2, 0) is 4.79 Å². The average molecular weight is 292 g/mol.